The summed E-state index contributed by atoms with van der Waals surface area (Å²) in [6.07, 6.45) is -5.16. The zero-order valence-electron chi connectivity index (χ0n) is 13.0. The van der Waals surface area contributed by atoms with Crippen molar-refractivity contribution in [3.05, 3.63) is 0 Å². The van der Waals surface area contributed by atoms with Gasteiger partial charge in [-0.2, -0.15) is 13.2 Å². The monoisotopic (exact) mass is 310 g/mol. The first-order valence-electron chi connectivity index (χ1n) is 6.93. The van der Waals surface area contributed by atoms with E-state index in [0.29, 0.717) is 25.6 Å². The lowest BCUT2D eigenvalue weighted by atomic mass is 9.96. The van der Waals surface area contributed by atoms with Crippen molar-refractivity contribution in [3.63, 3.8) is 0 Å². The number of halogens is 3. The molecule has 1 amide bonds. The molecule has 0 aliphatic heterocycles. The Morgan fingerprint density at radius 1 is 1.05 bits per heavy atom. The second-order valence-electron chi connectivity index (χ2n) is 5.56. The van der Waals surface area contributed by atoms with Crippen molar-refractivity contribution in [3.8, 4) is 0 Å². The van der Waals surface area contributed by atoms with E-state index < -0.39 is 18.0 Å². The molecular weight excluding hydrogens is 285 g/mol. The predicted molar refractivity (Wildman–Crippen MR) is 77.1 cm³/mol. The molecule has 3 N–H and O–H groups in total. The molecule has 0 atom stereocenters. The number of nitrogens with one attached hydrogen (secondary N) is 3. The minimum Gasteiger partial charge on any atom is -0.357 e. The Balaban J connectivity index is 4.10. The molecule has 8 heteroatoms. The second-order valence-corrected chi connectivity index (χ2v) is 5.56. The van der Waals surface area contributed by atoms with Gasteiger partial charge in [-0.15, -0.1) is 0 Å². The molecule has 0 heterocycles. The molecule has 0 aromatic rings. The van der Waals surface area contributed by atoms with Gasteiger partial charge in [-0.05, 0) is 6.92 Å². The Morgan fingerprint density at radius 2 is 1.62 bits per heavy atom. The zero-order valence-corrected chi connectivity index (χ0v) is 13.0. The number of rotatable bonds is 6. The summed E-state index contributed by atoms with van der Waals surface area (Å²) in [6.45, 7) is 8.22. The molecule has 0 aromatic carbocycles. The number of carbonyl (C=O) groups excluding carboxylic acids is 1. The number of hydrogen-bond acceptors (Lipinski definition) is 2. The first-order chi connectivity index (χ1) is 9.56. The summed E-state index contributed by atoms with van der Waals surface area (Å²) in [5.41, 5.74) is -0.467. The molecule has 0 rings (SSSR count). The summed E-state index contributed by atoms with van der Waals surface area (Å²) in [5.74, 6) is 0.232. The highest BCUT2D eigenvalue weighted by atomic mass is 19.4. The quantitative estimate of drug-likeness (QED) is 0.397. The van der Waals surface area contributed by atoms with E-state index in [1.165, 1.54) is 0 Å². The van der Waals surface area contributed by atoms with Crippen LogP contribution in [0.25, 0.3) is 0 Å². The number of carbonyl (C=O) groups is 1. The average molecular weight is 310 g/mol. The molecular formula is C13H25F3N4O. The van der Waals surface area contributed by atoms with E-state index in [4.69, 9.17) is 0 Å². The minimum atomic E-state index is -4.21. The van der Waals surface area contributed by atoms with Crippen LogP contribution in [0.4, 0.5) is 13.2 Å². The molecule has 21 heavy (non-hydrogen) atoms. The first-order valence-corrected chi connectivity index (χ1v) is 6.93. The van der Waals surface area contributed by atoms with E-state index in [9.17, 15) is 18.0 Å². The van der Waals surface area contributed by atoms with Gasteiger partial charge < -0.3 is 16.0 Å². The molecule has 0 saturated carbocycles. The standard InChI is InChI=1S/C13H25F3N4O/c1-5-17-11(19-7-6-13(14,15)16)20-9-8-18-10(21)12(2,3)4/h5-9H2,1-4H3,(H,18,21)(H2,17,19,20). The van der Waals surface area contributed by atoms with E-state index in [1.807, 2.05) is 6.92 Å². The third-order valence-corrected chi connectivity index (χ3v) is 2.39. The maximum absolute atomic E-state index is 12.0. The van der Waals surface area contributed by atoms with Crippen LogP contribution in [0.5, 0.6) is 0 Å². The van der Waals surface area contributed by atoms with Crippen LogP contribution < -0.4 is 16.0 Å². The third-order valence-electron chi connectivity index (χ3n) is 2.39. The van der Waals surface area contributed by atoms with Crippen LogP contribution in [0.15, 0.2) is 4.99 Å². The van der Waals surface area contributed by atoms with Crippen LogP contribution in [0.3, 0.4) is 0 Å². The van der Waals surface area contributed by atoms with Gasteiger partial charge >= 0.3 is 6.18 Å². The lowest BCUT2D eigenvalue weighted by Gasteiger charge is -2.18. The fourth-order valence-corrected chi connectivity index (χ4v) is 1.26. The van der Waals surface area contributed by atoms with Gasteiger partial charge in [-0.1, -0.05) is 20.8 Å². The third kappa shape index (κ3) is 10.9. The largest absolute Gasteiger partial charge is 0.390 e. The van der Waals surface area contributed by atoms with Crippen LogP contribution in [-0.4, -0.2) is 44.2 Å². The highest BCUT2D eigenvalue weighted by molar-refractivity contribution is 5.81. The van der Waals surface area contributed by atoms with Crippen molar-refractivity contribution >= 4 is 11.9 Å². The van der Waals surface area contributed by atoms with Crippen LogP contribution in [-0.2, 0) is 4.79 Å². The molecule has 0 aliphatic rings. The summed E-state index contributed by atoms with van der Waals surface area (Å²) in [5, 5.41) is 8.45. The lowest BCUT2D eigenvalue weighted by molar-refractivity contribution is -0.132. The maximum atomic E-state index is 12.0. The molecule has 0 spiro atoms. The molecule has 0 aromatic heterocycles. The van der Waals surface area contributed by atoms with Crippen molar-refractivity contribution in [1.29, 1.82) is 0 Å². The van der Waals surface area contributed by atoms with Gasteiger partial charge in [0.1, 0.15) is 0 Å². The van der Waals surface area contributed by atoms with Crippen molar-refractivity contribution < 1.29 is 18.0 Å². The van der Waals surface area contributed by atoms with Crippen molar-refractivity contribution in [1.82, 2.24) is 16.0 Å². The Bertz CT molecular complexity index is 348. The smallest absolute Gasteiger partial charge is 0.357 e. The molecule has 0 radical (unpaired) electrons. The summed E-state index contributed by atoms with van der Waals surface area (Å²) in [7, 11) is 0. The molecule has 0 unspecified atom stereocenters. The summed E-state index contributed by atoms with van der Waals surface area (Å²) in [6, 6.07) is 0. The van der Waals surface area contributed by atoms with Gasteiger partial charge in [-0.3, -0.25) is 9.79 Å². The Morgan fingerprint density at radius 3 is 2.10 bits per heavy atom. The Hall–Kier alpha value is -1.47. The maximum Gasteiger partial charge on any atom is 0.390 e. The number of alkyl halides is 3. The average Bonchev–Trinajstić information content (AvgIpc) is 2.31. The van der Waals surface area contributed by atoms with Gasteiger partial charge in [0.25, 0.3) is 0 Å². The SMILES string of the molecule is CCNC(=NCCC(F)(F)F)NCCNC(=O)C(C)(C)C. The fourth-order valence-electron chi connectivity index (χ4n) is 1.26. The van der Waals surface area contributed by atoms with Crippen molar-refractivity contribution in [2.75, 3.05) is 26.2 Å². The lowest BCUT2D eigenvalue weighted by Crippen LogP contribution is -2.43. The molecule has 0 aliphatic carbocycles. The van der Waals surface area contributed by atoms with Crippen LogP contribution in [0.1, 0.15) is 34.1 Å². The van der Waals surface area contributed by atoms with Gasteiger partial charge in [0.2, 0.25) is 5.91 Å². The van der Waals surface area contributed by atoms with E-state index in [-0.39, 0.29) is 12.5 Å². The summed E-state index contributed by atoms with van der Waals surface area (Å²) in [4.78, 5) is 15.4. The van der Waals surface area contributed by atoms with E-state index in [0.717, 1.165) is 0 Å². The van der Waals surface area contributed by atoms with Crippen LogP contribution >= 0.6 is 0 Å². The highest BCUT2D eigenvalue weighted by Gasteiger charge is 2.26. The highest BCUT2D eigenvalue weighted by Crippen LogP contribution is 2.18. The van der Waals surface area contributed by atoms with Gasteiger partial charge in [0.05, 0.1) is 13.0 Å². The van der Waals surface area contributed by atoms with E-state index >= 15 is 0 Å². The van der Waals surface area contributed by atoms with Gasteiger partial charge in [0, 0.05) is 25.0 Å². The van der Waals surface area contributed by atoms with Crippen molar-refractivity contribution in [2.45, 2.75) is 40.3 Å². The topological polar surface area (TPSA) is 65.5 Å². The minimum absolute atomic E-state index is 0.0803. The molecule has 124 valence electrons. The molecule has 0 bridgehead atoms. The van der Waals surface area contributed by atoms with E-state index in [1.54, 1.807) is 20.8 Å². The molecule has 5 nitrogen and oxygen atoms in total. The normalized spacial score (nSPS) is 13.0. The van der Waals surface area contributed by atoms with Crippen LogP contribution in [0, 0.1) is 5.41 Å². The van der Waals surface area contributed by atoms with Gasteiger partial charge in [-0.25, -0.2) is 0 Å². The number of guanidine groups is 1. The summed E-state index contributed by atoms with van der Waals surface area (Å²) >= 11 is 0. The number of hydrogen-bond donors (Lipinski definition) is 3. The van der Waals surface area contributed by atoms with E-state index in [2.05, 4.69) is 20.9 Å². The second kappa shape index (κ2) is 8.74. The van der Waals surface area contributed by atoms with Gasteiger partial charge in [0.15, 0.2) is 5.96 Å². The number of nitrogens with zero attached hydrogens (tertiary/aromatic N) is 1. The Kier molecular flexibility index (Phi) is 8.12. The predicted octanol–water partition coefficient (Wildman–Crippen LogP) is 1.66. The molecule has 0 fully saturated rings. The van der Waals surface area contributed by atoms with Crippen LogP contribution in [0.2, 0.25) is 0 Å². The Labute approximate surface area is 123 Å². The summed E-state index contributed by atoms with van der Waals surface area (Å²) < 4.78 is 36.1. The fraction of sp³-hybridized carbons (Fsp3) is 0.846. The first kappa shape index (κ1) is 19.5. The van der Waals surface area contributed by atoms with Crippen molar-refractivity contribution in [2.24, 2.45) is 10.4 Å². The number of amides is 1. The molecule has 0 saturated heterocycles. The zero-order chi connectivity index (χ0) is 16.5. The number of aliphatic imine (C=N–C) groups is 1.